The molecule has 1 N–H and O–H groups in total. The Hall–Kier alpha value is -3.55. The van der Waals surface area contributed by atoms with Crippen LogP contribution >= 0.6 is 0 Å². The van der Waals surface area contributed by atoms with E-state index >= 15 is 0 Å². The average Bonchev–Trinajstić information content (AvgIpc) is 2.95. The molecule has 0 aromatic heterocycles. The van der Waals surface area contributed by atoms with Crippen LogP contribution in [0.3, 0.4) is 0 Å². The number of hydrogen-bond donors (Lipinski definition) is 1. The summed E-state index contributed by atoms with van der Waals surface area (Å²) in [6.07, 6.45) is -2.89. The second kappa shape index (κ2) is 9.09. The number of carboxylic acid groups (broad SMARTS) is 1. The summed E-state index contributed by atoms with van der Waals surface area (Å²) < 4.78 is 10.1. The van der Waals surface area contributed by atoms with E-state index in [0.29, 0.717) is 0 Å². The van der Waals surface area contributed by atoms with Crippen molar-refractivity contribution >= 4 is 18.2 Å². The van der Waals surface area contributed by atoms with Gasteiger partial charge in [0.05, 0.1) is 13.2 Å². The maximum absolute atomic E-state index is 13.2. The molecule has 2 atom stereocenters. The highest BCUT2D eigenvalue weighted by atomic mass is 16.7. The van der Waals surface area contributed by atoms with Gasteiger partial charge in [0.2, 0.25) is 6.23 Å². The maximum atomic E-state index is 13.2. The molecule has 0 bridgehead atoms. The van der Waals surface area contributed by atoms with Crippen LogP contribution in [-0.4, -0.2) is 51.9 Å². The zero-order valence-electron chi connectivity index (χ0n) is 15.9. The van der Waals surface area contributed by atoms with Gasteiger partial charge in [-0.1, -0.05) is 60.7 Å². The Morgan fingerprint density at radius 3 is 1.93 bits per heavy atom. The maximum Gasteiger partial charge on any atom is 0.507 e. The van der Waals surface area contributed by atoms with Gasteiger partial charge in [0, 0.05) is 6.54 Å². The Kier molecular flexibility index (Phi) is 6.33. The molecular weight excluding hydrogens is 376 g/mol. The Morgan fingerprint density at radius 1 is 0.931 bits per heavy atom. The highest BCUT2D eigenvalue weighted by molar-refractivity contribution is 5.88. The minimum Gasteiger partial charge on any atom is -0.464 e. The SMILES string of the molecule is CCOC(=O)[C@H]1[C@H](OC(=O)O)N(Cc2ccccc2)C(=O)N1Cc1ccccc1. The molecule has 0 aliphatic carbocycles. The quantitative estimate of drug-likeness (QED) is 0.720. The molecule has 152 valence electrons. The van der Waals surface area contributed by atoms with E-state index < -0.39 is 30.4 Å². The van der Waals surface area contributed by atoms with E-state index in [0.717, 1.165) is 11.1 Å². The molecule has 0 radical (unpaired) electrons. The van der Waals surface area contributed by atoms with Crippen molar-refractivity contribution in [2.45, 2.75) is 32.3 Å². The monoisotopic (exact) mass is 398 g/mol. The van der Waals surface area contributed by atoms with Crippen LogP contribution in [0.15, 0.2) is 60.7 Å². The fourth-order valence-corrected chi connectivity index (χ4v) is 3.30. The zero-order chi connectivity index (χ0) is 20.8. The van der Waals surface area contributed by atoms with Crippen LogP contribution < -0.4 is 0 Å². The summed E-state index contributed by atoms with van der Waals surface area (Å²) in [5, 5.41) is 9.22. The standard InChI is InChI=1S/C21H22N2O6/c1-2-28-19(24)17-18(29-21(26)27)23(14-16-11-7-4-8-12-16)20(25)22(17)13-15-9-5-3-6-10-15/h3-12,17-18H,2,13-14H2,1H3,(H,26,27)/t17-,18+/m1/s1. The average molecular weight is 398 g/mol. The smallest absolute Gasteiger partial charge is 0.464 e. The molecule has 0 spiro atoms. The van der Waals surface area contributed by atoms with Gasteiger partial charge in [-0.05, 0) is 18.1 Å². The molecule has 2 amide bonds. The van der Waals surface area contributed by atoms with Crippen LogP contribution in [0.4, 0.5) is 9.59 Å². The lowest BCUT2D eigenvalue weighted by Gasteiger charge is -2.25. The number of carbonyl (C=O) groups is 3. The van der Waals surface area contributed by atoms with Gasteiger partial charge in [-0.2, -0.15) is 0 Å². The summed E-state index contributed by atoms with van der Waals surface area (Å²) in [7, 11) is 0. The molecule has 8 nitrogen and oxygen atoms in total. The van der Waals surface area contributed by atoms with Crippen molar-refractivity contribution in [1.82, 2.24) is 9.80 Å². The highest BCUT2D eigenvalue weighted by Gasteiger charge is 2.52. The molecule has 1 heterocycles. The predicted octanol–water partition coefficient (Wildman–Crippen LogP) is 3.08. The summed E-state index contributed by atoms with van der Waals surface area (Å²) in [5.74, 6) is -0.710. The third-order valence-corrected chi connectivity index (χ3v) is 4.55. The number of rotatable bonds is 7. The summed E-state index contributed by atoms with van der Waals surface area (Å²) >= 11 is 0. The third kappa shape index (κ3) is 4.66. The lowest BCUT2D eigenvalue weighted by molar-refractivity contribution is -0.153. The third-order valence-electron chi connectivity index (χ3n) is 4.55. The van der Waals surface area contributed by atoms with Gasteiger partial charge in [0.25, 0.3) is 0 Å². The van der Waals surface area contributed by atoms with Gasteiger partial charge < -0.3 is 19.5 Å². The van der Waals surface area contributed by atoms with Crippen LogP contribution in [0.5, 0.6) is 0 Å². The van der Waals surface area contributed by atoms with Gasteiger partial charge in [0.15, 0.2) is 6.04 Å². The molecule has 1 aliphatic rings. The number of nitrogens with zero attached hydrogens (tertiary/aromatic N) is 2. The van der Waals surface area contributed by atoms with Gasteiger partial charge in [-0.3, -0.25) is 4.90 Å². The Labute approximate surface area is 168 Å². The number of benzene rings is 2. The van der Waals surface area contributed by atoms with Crippen LogP contribution in [0.25, 0.3) is 0 Å². The first-order valence-electron chi connectivity index (χ1n) is 9.22. The van der Waals surface area contributed by atoms with Gasteiger partial charge in [-0.25, -0.2) is 14.4 Å². The normalized spacial score (nSPS) is 18.6. The summed E-state index contributed by atoms with van der Waals surface area (Å²) in [5.41, 5.74) is 1.58. The number of urea groups is 1. The number of esters is 1. The first-order valence-corrected chi connectivity index (χ1v) is 9.22. The van der Waals surface area contributed by atoms with Crippen molar-refractivity contribution < 1.29 is 29.0 Å². The largest absolute Gasteiger partial charge is 0.507 e. The number of hydrogen-bond acceptors (Lipinski definition) is 5. The van der Waals surface area contributed by atoms with Crippen molar-refractivity contribution in [3.63, 3.8) is 0 Å². The van der Waals surface area contributed by atoms with E-state index in [9.17, 15) is 19.5 Å². The van der Waals surface area contributed by atoms with Crippen molar-refractivity contribution in [1.29, 1.82) is 0 Å². The molecule has 0 saturated carbocycles. The zero-order valence-corrected chi connectivity index (χ0v) is 15.9. The predicted molar refractivity (Wildman–Crippen MR) is 103 cm³/mol. The summed E-state index contributed by atoms with van der Waals surface area (Å²) in [6.45, 7) is 1.96. The topological polar surface area (TPSA) is 96.4 Å². The van der Waals surface area contributed by atoms with Crippen molar-refractivity contribution in [3.8, 4) is 0 Å². The summed E-state index contributed by atoms with van der Waals surface area (Å²) in [4.78, 5) is 39.7. The van der Waals surface area contributed by atoms with Crippen molar-refractivity contribution in [3.05, 3.63) is 71.8 Å². The van der Waals surface area contributed by atoms with Crippen LogP contribution in [-0.2, 0) is 27.4 Å². The van der Waals surface area contributed by atoms with E-state index in [1.165, 1.54) is 9.80 Å². The molecule has 0 unspecified atom stereocenters. The molecule has 3 rings (SSSR count). The Bertz CT molecular complexity index is 858. The molecule has 1 fully saturated rings. The van der Waals surface area contributed by atoms with Crippen molar-refractivity contribution in [2.75, 3.05) is 6.61 Å². The molecule has 2 aromatic rings. The second-order valence-corrected chi connectivity index (χ2v) is 6.48. The van der Waals surface area contributed by atoms with E-state index in [1.54, 1.807) is 6.92 Å². The van der Waals surface area contributed by atoms with E-state index in [2.05, 4.69) is 0 Å². The van der Waals surface area contributed by atoms with Crippen LogP contribution in [0.2, 0.25) is 0 Å². The molecule has 8 heteroatoms. The van der Waals surface area contributed by atoms with Gasteiger partial charge >= 0.3 is 18.2 Å². The molecule has 29 heavy (non-hydrogen) atoms. The minimum atomic E-state index is -1.57. The first kappa shape index (κ1) is 20.2. The van der Waals surface area contributed by atoms with E-state index in [-0.39, 0.29) is 19.7 Å². The van der Waals surface area contributed by atoms with E-state index in [4.69, 9.17) is 9.47 Å². The van der Waals surface area contributed by atoms with Gasteiger partial charge in [-0.15, -0.1) is 0 Å². The molecular formula is C21H22N2O6. The van der Waals surface area contributed by atoms with Gasteiger partial charge in [0.1, 0.15) is 0 Å². The molecule has 2 aromatic carbocycles. The summed E-state index contributed by atoms with van der Waals surface area (Å²) in [6, 6.07) is 16.5. The van der Waals surface area contributed by atoms with Crippen LogP contribution in [0, 0.1) is 0 Å². The first-order chi connectivity index (χ1) is 14.0. The van der Waals surface area contributed by atoms with Crippen molar-refractivity contribution in [2.24, 2.45) is 0 Å². The Balaban J connectivity index is 1.96. The molecule has 1 saturated heterocycles. The van der Waals surface area contributed by atoms with E-state index in [1.807, 2.05) is 60.7 Å². The number of ether oxygens (including phenoxy) is 2. The lowest BCUT2D eigenvalue weighted by atomic mass is 10.1. The number of carbonyl (C=O) groups excluding carboxylic acids is 2. The number of amides is 2. The highest BCUT2D eigenvalue weighted by Crippen LogP contribution is 2.29. The Morgan fingerprint density at radius 2 is 1.45 bits per heavy atom. The fraction of sp³-hybridized carbons (Fsp3) is 0.286. The fourth-order valence-electron chi connectivity index (χ4n) is 3.30. The van der Waals surface area contributed by atoms with Crippen LogP contribution in [0.1, 0.15) is 18.1 Å². The minimum absolute atomic E-state index is 0.0960. The lowest BCUT2D eigenvalue weighted by Crippen LogP contribution is -2.46. The molecule has 1 aliphatic heterocycles. The second-order valence-electron chi connectivity index (χ2n) is 6.48.